The second-order valence-electron chi connectivity index (χ2n) is 3.88. The summed E-state index contributed by atoms with van der Waals surface area (Å²) < 4.78 is 12.0. The van der Waals surface area contributed by atoms with E-state index in [-0.39, 0.29) is 5.78 Å². The summed E-state index contributed by atoms with van der Waals surface area (Å²) in [5, 5.41) is 0. The number of rotatable bonds is 2. The van der Waals surface area contributed by atoms with Gasteiger partial charge in [0, 0.05) is 6.42 Å². The Morgan fingerprint density at radius 3 is 2.62 bits per heavy atom. The average Bonchev–Trinajstić information content (AvgIpc) is 2.25. The van der Waals surface area contributed by atoms with Gasteiger partial charge in [0.2, 0.25) is 0 Å². The first kappa shape index (κ1) is 11.5. The van der Waals surface area contributed by atoms with E-state index in [9.17, 15) is 4.79 Å². The molecule has 1 heterocycles. The van der Waals surface area contributed by atoms with Crippen molar-refractivity contribution in [3.05, 3.63) is 21.7 Å². The summed E-state index contributed by atoms with van der Waals surface area (Å²) in [6.07, 6.45) is 0.432. The molecule has 0 fully saturated rings. The summed E-state index contributed by atoms with van der Waals surface area (Å²) >= 11 is 3.44. The zero-order chi connectivity index (χ0) is 11.7. The highest BCUT2D eigenvalue weighted by Gasteiger charge is 2.20. The topological polar surface area (TPSA) is 35.5 Å². The normalized spacial score (nSPS) is 13.7. The molecule has 1 aliphatic heterocycles. The van der Waals surface area contributed by atoms with Gasteiger partial charge in [-0.2, -0.15) is 0 Å². The number of hydrogen-bond donors (Lipinski definition) is 0. The number of carbonyl (C=O) groups is 1. The molecular weight excluding hydrogens is 272 g/mol. The number of Topliss-reactive ketones (excluding diaryl/α,β-unsaturated/α-hetero) is 1. The molecule has 0 radical (unpaired) electrons. The lowest BCUT2D eigenvalue weighted by molar-refractivity contribution is -0.116. The van der Waals surface area contributed by atoms with Crippen LogP contribution in [0.2, 0.25) is 0 Å². The molecule has 16 heavy (non-hydrogen) atoms. The SMILES string of the molecule is CC(=O)Cc1cc(Br)c2c(c1C)OCCO2. The fourth-order valence-corrected chi connectivity index (χ4v) is 2.37. The Hall–Kier alpha value is -1.03. The Labute approximate surface area is 103 Å². The fourth-order valence-electron chi connectivity index (χ4n) is 1.80. The number of benzene rings is 1. The Morgan fingerprint density at radius 1 is 1.38 bits per heavy atom. The summed E-state index contributed by atoms with van der Waals surface area (Å²) in [6, 6.07) is 1.93. The van der Waals surface area contributed by atoms with E-state index in [0.717, 1.165) is 27.1 Å². The molecule has 0 unspecified atom stereocenters. The predicted octanol–water partition coefficient (Wildman–Crippen LogP) is 2.66. The van der Waals surface area contributed by atoms with Gasteiger partial charge in [0.25, 0.3) is 0 Å². The monoisotopic (exact) mass is 284 g/mol. The van der Waals surface area contributed by atoms with Crippen LogP contribution in [0, 0.1) is 6.92 Å². The highest BCUT2D eigenvalue weighted by molar-refractivity contribution is 9.10. The number of halogens is 1. The largest absolute Gasteiger partial charge is 0.486 e. The molecule has 4 heteroatoms. The lowest BCUT2D eigenvalue weighted by atomic mass is 10.0. The molecule has 1 aromatic rings. The van der Waals surface area contributed by atoms with Crippen molar-refractivity contribution in [3.63, 3.8) is 0 Å². The first-order valence-electron chi connectivity index (χ1n) is 5.16. The summed E-state index contributed by atoms with van der Waals surface area (Å²) in [4.78, 5) is 11.2. The van der Waals surface area contributed by atoms with Crippen LogP contribution in [0.1, 0.15) is 18.1 Å². The zero-order valence-electron chi connectivity index (χ0n) is 9.30. The van der Waals surface area contributed by atoms with Gasteiger partial charge in [-0.15, -0.1) is 0 Å². The predicted molar refractivity (Wildman–Crippen MR) is 64.3 cm³/mol. The Kier molecular flexibility index (Phi) is 3.19. The van der Waals surface area contributed by atoms with Crippen LogP contribution in [0.25, 0.3) is 0 Å². The maximum Gasteiger partial charge on any atom is 0.175 e. The highest BCUT2D eigenvalue weighted by Crippen LogP contribution is 2.41. The molecule has 0 amide bonds. The molecule has 1 aromatic carbocycles. The number of ether oxygens (including phenoxy) is 2. The van der Waals surface area contributed by atoms with E-state index in [4.69, 9.17) is 9.47 Å². The van der Waals surface area contributed by atoms with Gasteiger partial charge >= 0.3 is 0 Å². The van der Waals surface area contributed by atoms with Crippen molar-refractivity contribution >= 4 is 21.7 Å². The third kappa shape index (κ3) is 2.07. The molecule has 0 bridgehead atoms. The fraction of sp³-hybridized carbons (Fsp3) is 0.417. The van der Waals surface area contributed by atoms with Gasteiger partial charge in [0.05, 0.1) is 4.47 Å². The van der Waals surface area contributed by atoms with Crippen LogP contribution in [0.3, 0.4) is 0 Å². The van der Waals surface area contributed by atoms with E-state index in [0.29, 0.717) is 19.6 Å². The first-order chi connectivity index (χ1) is 7.59. The summed E-state index contributed by atoms with van der Waals surface area (Å²) in [5.74, 6) is 1.65. The smallest absolute Gasteiger partial charge is 0.175 e. The molecule has 1 aliphatic rings. The standard InChI is InChI=1S/C12H13BrO3/c1-7(14)5-9-6-10(13)12-11(8(9)2)15-3-4-16-12/h6H,3-5H2,1-2H3. The first-order valence-corrected chi connectivity index (χ1v) is 5.96. The molecule has 0 N–H and O–H groups in total. The summed E-state index contributed by atoms with van der Waals surface area (Å²) in [5.41, 5.74) is 1.98. The van der Waals surface area contributed by atoms with Gasteiger partial charge in [0.15, 0.2) is 11.5 Å². The van der Waals surface area contributed by atoms with Crippen molar-refractivity contribution < 1.29 is 14.3 Å². The minimum absolute atomic E-state index is 0.145. The maximum atomic E-state index is 11.2. The number of hydrogen-bond acceptors (Lipinski definition) is 3. The van der Waals surface area contributed by atoms with Crippen LogP contribution in [-0.4, -0.2) is 19.0 Å². The van der Waals surface area contributed by atoms with Crippen LogP contribution in [0.4, 0.5) is 0 Å². The molecular formula is C12H13BrO3. The van der Waals surface area contributed by atoms with Crippen LogP contribution < -0.4 is 9.47 Å². The third-order valence-electron chi connectivity index (χ3n) is 2.56. The molecule has 0 aliphatic carbocycles. The summed E-state index contributed by atoms with van der Waals surface area (Å²) in [7, 11) is 0. The minimum Gasteiger partial charge on any atom is -0.486 e. The Morgan fingerprint density at radius 2 is 2.00 bits per heavy atom. The lowest BCUT2D eigenvalue weighted by Crippen LogP contribution is -2.17. The van der Waals surface area contributed by atoms with Crippen LogP contribution in [0.5, 0.6) is 11.5 Å². The van der Waals surface area contributed by atoms with E-state index < -0.39 is 0 Å². The molecule has 0 aromatic heterocycles. The second-order valence-corrected chi connectivity index (χ2v) is 4.73. The van der Waals surface area contributed by atoms with Crippen LogP contribution in [0.15, 0.2) is 10.5 Å². The van der Waals surface area contributed by atoms with Crippen molar-refractivity contribution in [1.29, 1.82) is 0 Å². The molecule has 3 nitrogen and oxygen atoms in total. The van der Waals surface area contributed by atoms with Crippen molar-refractivity contribution in [2.75, 3.05) is 13.2 Å². The minimum atomic E-state index is 0.145. The van der Waals surface area contributed by atoms with Gasteiger partial charge in [-0.1, -0.05) is 0 Å². The molecule has 0 saturated carbocycles. The molecule has 0 spiro atoms. The van der Waals surface area contributed by atoms with Crippen molar-refractivity contribution in [1.82, 2.24) is 0 Å². The molecule has 0 saturated heterocycles. The van der Waals surface area contributed by atoms with E-state index in [2.05, 4.69) is 15.9 Å². The Bertz CT molecular complexity index is 440. The third-order valence-corrected chi connectivity index (χ3v) is 3.15. The Balaban J connectivity index is 2.49. The zero-order valence-corrected chi connectivity index (χ0v) is 10.9. The van der Waals surface area contributed by atoms with Crippen molar-refractivity contribution in [2.45, 2.75) is 20.3 Å². The van der Waals surface area contributed by atoms with E-state index >= 15 is 0 Å². The van der Waals surface area contributed by atoms with E-state index in [1.165, 1.54) is 0 Å². The van der Waals surface area contributed by atoms with Gasteiger partial charge in [-0.3, -0.25) is 4.79 Å². The van der Waals surface area contributed by atoms with Crippen LogP contribution in [-0.2, 0) is 11.2 Å². The number of fused-ring (bicyclic) bond motifs is 1. The van der Waals surface area contributed by atoms with Gasteiger partial charge < -0.3 is 9.47 Å². The van der Waals surface area contributed by atoms with Crippen molar-refractivity contribution in [3.8, 4) is 11.5 Å². The average molecular weight is 285 g/mol. The quantitative estimate of drug-likeness (QED) is 0.838. The van der Waals surface area contributed by atoms with Crippen molar-refractivity contribution in [2.24, 2.45) is 0 Å². The lowest BCUT2D eigenvalue weighted by Gasteiger charge is -2.23. The van der Waals surface area contributed by atoms with E-state index in [1.54, 1.807) is 6.92 Å². The molecule has 2 rings (SSSR count). The summed E-state index contributed by atoms with van der Waals surface area (Å²) in [6.45, 7) is 4.67. The second kappa shape index (κ2) is 4.45. The molecule has 86 valence electrons. The van der Waals surface area contributed by atoms with Gasteiger partial charge in [-0.25, -0.2) is 0 Å². The van der Waals surface area contributed by atoms with Gasteiger partial charge in [-0.05, 0) is 47.0 Å². The number of ketones is 1. The van der Waals surface area contributed by atoms with Gasteiger partial charge in [0.1, 0.15) is 19.0 Å². The van der Waals surface area contributed by atoms with E-state index in [1.807, 2.05) is 13.0 Å². The number of carbonyl (C=O) groups excluding carboxylic acids is 1. The molecule has 0 atom stereocenters. The maximum absolute atomic E-state index is 11.2. The van der Waals surface area contributed by atoms with Crippen LogP contribution >= 0.6 is 15.9 Å². The highest BCUT2D eigenvalue weighted by atomic mass is 79.9.